The summed E-state index contributed by atoms with van der Waals surface area (Å²) >= 11 is 10.3. The van der Waals surface area contributed by atoms with Gasteiger partial charge in [-0.2, -0.15) is 0 Å². The van der Waals surface area contributed by atoms with Crippen molar-refractivity contribution in [2.45, 2.75) is 0 Å². The standard InChI is InChI=1S/C4H4Cl2Te/c5-1-3-7-4-2-6/h1-4H/b3-1+,4-2+. The third kappa shape index (κ3) is 6.85. The molecule has 0 aliphatic rings. The molecule has 0 rings (SSSR count). The molecule has 0 spiro atoms. The molecule has 0 unspecified atom stereocenters. The van der Waals surface area contributed by atoms with E-state index in [0.29, 0.717) is 0 Å². The second-order valence-corrected chi connectivity index (χ2v) is 3.49. The Morgan fingerprint density at radius 2 is 1.43 bits per heavy atom. The molecule has 40 valence electrons. The van der Waals surface area contributed by atoms with E-state index in [0.717, 1.165) is 0 Å². The monoisotopic (exact) mass is 252 g/mol. The second kappa shape index (κ2) is 6.85. The van der Waals surface area contributed by atoms with Crippen LogP contribution >= 0.6 is 23.2 Å². The van der Waals surface area contributed by atoms with E-state index in [1.54, 1.807) is 0 Å². The Balaban J connectivity index is 2.98. The average Bonchev–Trinajstić information content (AvgIpc) is 1.69. The number of halogens is 2. The molecule has 0 saturated carbocycles. The summed E-state index contributed by atoms with van der Waals surface area (Å²) in [6, 6.07) is 0. The van der Waals surface area contributed by atoms with Gasteiger partial charge in [0.2, 0.25) is 0 Å². The Hall–Kier alpha value is 0.850. The van der Waals surface area contributed by atoms with Gasteiger partial charge >= 0.3 is 63.4 Å². The van der Waals surface area contributed by atoms with Crippen molar-refractivity contribution in [3.05, 3.63) is 19.3 Å². The summed E-state index contributed by atoms with van der Waals surface area (Å²) in [6.45, 7) is 0. The topological polar surface area (TPSA) is 0 Å². The van der Waals surface area contributed by atoms with Crippen LogP contribution in [-0.2, 0) is 0 Å². The third-order valence-electron chi connectivity index (χ3n) is 0.260. The van der Waals surface area contributed by atoms with Crippen LogP contribution in [0.3, 0.4) is 0 Å². The van der Waals surface area contributed by atoms with Crippen LogP contribution in [0.15, 0.2) is 19.3 Å². The van der Waals surface area contributed by atoms with Crippen LogP contribution < -0.4 is 0 Å². The summed E-state index contributed by atoms with van der Waals surface area (Å²) in [5, 5.41) is 0. The van der Waals surface area contributed by atoms with E-state index in [1.165, 1.54) is 11.1 Å². The molecule has 0 heterocycles. The molecule has 0 aliphatic carbocycles. The maximum atomic E-state index is 5.21. The SMILES string of the molecule is Cl/C=C/[Te]/C=C/Cl. The molecule has 0 aliphatic heterocycles. The first kappa shape index (κ1) is 7.85. The van der Waals surface area contributed by atoms with Gasteiger partial charge in [-0.15, -0.1) is 0 Å². The van der Waals surface area contributed by atoms with Crippen molar-refractivity contribution < 1.29 is 0 Å². The van der Waals surface area contributed by atoms with E-state index in [2.05, 4.69) is 0 Å². The van der Waals surface area contributed by atoms with Gasteiger partial charge in [0, 0.05) is 0 Å². The predicted molar refractivity (Wildman–Crippen MR) is 35.7 cm³/mol. The van der Waals surface area contributed by atoms with Gasteiger partial charge in [0.1, 0.15) is 0 Å². The van der Waals surface area contributed by atoms with E-state index in [9.17, 15) is 0 Å². The fourth-order valence-corrected chi connectivity index (χ4v) is 1.50. The van der Waals surface area contributed by atoms with E-state index >= 15 is 0 Å². The molecule has 0 saturated heterocycles. The average molecular weight is 251 g/mol. The Kier molecular flexibility index (Phi) is 7.68. The minimum absolute atomic E-state index is 0.148. The molecule has 0 atom stereocenters. The molecule has 0 aromatic heterocycles. The van der Waals surface area contributed by atoms with E-state index in [4.69, 9.17) is 23.2 Å². The zero-order valence-electron chi connectivity index (χ0n) is 3.47. The molecule has 7 heavy (non-hydrogen) atoms. The summed E-state index contributed by atoms with van der Waals surface area (Å²) in [5.74, 6) is 0. The predicted octanol–water partition coefficient (Wildman–Crippen LogP) is 2.11. The Labute approximate surface area is 63.3 Å². The molecule has 0 nitrogen and oxygen atoms in total. The molecular weight excluding hydrogens is 247 g/mol. The molecule has 0 radical (unpaired) electrons. The van der Waals surface area contributed by atoms with Gasteiger partial charge < -0.3 is 0 Å². The van der Waals surface area contributed by atoms with Crippen molar-refractivity contribution >= 4 is 44.1 Å². The van der Waals surface area contributed by atoms with E-state index in [-0.39, 0.29) is 20.9 Å². The van der Waals surface area contributed by atoms with Crippen LogP contribution in [0, 0.1) is 0 Å². The summed E-state index contributed by atoms with van der Waals surface area (Å²) in [5.41, 5.74) is 3.05. The first-order chi connectivity index (χ1) is 3.41. The zero-order chi connectivity index (χ0) is 5.54. The maximum absolute atomic E-state index is 5.21. The van der Waals surface area contributed by atoms with Gasteiger partial charge in [0.15, 0.2) is 0 Å². The van der Waals surface area contributed by atoms with Gasteiger partial charge in [0.05, 0.1) is 0 Å². The van der Waals surface area contributed by atoms with Gasteiger partial charge in [-0.3, -0.25) is 0 Å². The summed E-state index contributed by atoms with van der Waals surface area (Å²) in [6.07, 6.45) is 0. The molecule has 0 aromatic rings. The van der Waals surface area contributed by atoms with Gasteiger partial charge in [-0.25, -0.2) is 0 Å². The van der Waals surface area contributed by atoms with Gasteiger partial charge in [-0.05, 0) is 0 Å². The van der Waals surface area contributed by atoms with Crippen LogP contribution in [0.4, 0.5) is 0 Å². The van der Waals surface area contributed by atoms with Crippen molar-refractivity contribution in [1.29, 1.82) is 0 Å². The Morgan fingerprint density at radius 3 is 1.71 bits per heavy atom. The van der Waals surface area contributed by atoms with E-state index in [1.807, 2.05) is 8.25 Å². The molecule has 0 fully saturated rings. The summed E-state index contributed by atoms with van der Waals surface area (Å²) in [7, 11) is 0. The van der Waals surface area contributed by atoms with Crippen LogP contribution in [-0.4, -0.2) is 20.9 Å². The molecule has 0 aromatic carbocycles. The molecule has 3 heteroatoms. The van der Waals surface area contributed by atoms with Crippen molar-refractivity contribution in [3.8, 4) is 0 Å². The van der Waals surface area contributed by atoms with Crippen molar-refractivity contribution in [3.63, 3.8) is 0 Å². The summed E-state index contributed by atoms with van der Waals surface area (Å²) < 4.78 is 3.87. The number of hydrogen-bond acceptors (Lipinski definition) is 0. The molecule has 0 N–H and O–H groups in total. The van der Waals surface area contributed by atoms with Crippen molar-refractivity contribution in [2.75, 3.05) is 0 Å². The Bertz CT molecular complexity index is 67.8. The quantitative estimate of drug-likeness (QED) is 0.659. The normalized spacial score (nSPS) is 11.7. The molecular formula is C4H4Cl2Te. The first-order valence-electron chi connectivity index (χ1n) is 1.57. The Morgan fingerprint density at radius 1 is 1.00 bits per heavy atom. The molecule has 0 amide bonds. The van der Waals surface area contributed by atoms with Crippen molar-refractivity contribution in [1.82, 2.24) is 0 Å². The van der Waals surface area contributed by atoms with Gasteiger partial charge in [0.25, 0.3) is 0 Å². The second-order valence-electron chi connectivity index (χ2n) is 0.660. The minimum atomic E-state index is -0.148. The van der Waals surface area contributed by atoms with Crippen molar-refractivity contribution in [2.24, 2.45) is 0 Å². The first-order valence-corrected chi connectivity index (χ1v) is 5.14. The van der Waals surface area contributed by atoms with Gasteiger partial charge in [-0.1, -0.05) is 0 Å². The van der Waals surface area contributed by atoms with E-state index < -0.39 is 0 Å². The van der Waals surface area contributed by atoms with Crippen LogP contribution in [0.25, 0.3) is 0 Å². The van der Waals surface area contributed by atoms with Crippen LogP contribution in [0.5, 0.6) is 0 Å². The number of hydrogen-bond donors (Lipinski definition) is 0. The fourth-order valence-electron chi connectivity index (χ4n) is 0.105. The van der Waals surface area contributed by atoms with Crippen LogP contribution in [0.1, 0.15) is 0 Å². The summed E-state index contributed by atoms with van der Waals surface area (Å²) in [4.78, 5) is 0. The van der Waals surface area contributed by atoms with Crippen LogP contribution in [0.2, 0.25) is 0 Å². The number of rotatable bonds is 2. The third-order valence-corrected chi connectivity index (χ3v) is 3.12. The fraction of sp³-hybridized carbons (Fsp3) is 0. The molecule has 0 bridgehead atoms. The zero-order valence-corrected chi connectivity index (χ0v) is 7.32.